The van der Waals surface area contributed by atoms with E-state index in [1.807, 2.05) is 0 Å². The molecule has 3 N–H and O–H groups in total. The Bertz CT molecular complexity index is 477. The monoisotopic (exact) mass is 302 g/mol. The van der Waals surface area contributed by atoms with Gasteiger partial charge in [0.15, 0.2) is 0 Å². The van der Waals surface area contributed by atoms with Crippen LogP contribution in [0.25, 0.3) is 0 Å². The number of hydrogen-bond acceptors (Lipinski definition) is 3. The van der Waals surface area contributed by atoms with E-state index in [0.29, 0.717) is 5.56 Å². The van der Waals surface area contributed by atoms with Crippen molar-refractivity contribution in [3.63, 3.8) is 0 Å². The molecule has 0 saturated carbocycles. The van der Waals surface area contributed by atoms with Crippen molar-refractivity contribution < 1.29 is 22.7 Å². The number of halogens is 3. The zero-order valence-electron chi connectivity index (χ0n) is 11.3. The number of nitrogens with two attached hydrogens (primary N) is 1. The van der Waals surface area contributed by atoms with Crippen molar-refractivity contribution >= 4 is 5.91 Å². The van der Waals surface area contributed by atoms with Crippen molar-refractivity contribution in [1.29, 1.82) is 0 Å². The van der Waals surface area contributed by atoms with E-state index in [1.165, 1.54) is 11.5 Å². The van der Waals surface area contributed by atoms with Crippen LogP contribution >= 0.6 is 0 Å². The van der Waals surface area contributed by atoms with Crippen molar-refractivity contribution in [3.05, 3.63) is 48.6 Å². The maximum Gasteiger partial charge on any atom is 0.426 e. The summed E-state index contributed by atoms with van der Waals surface area (Å²) in [6.45, 7) is 3.01. The van der Waals surface area contributed by atoms with E-state index in [-0.39, 0.29) is 13.0 Å². The van der Waals surface area contributed by atoms with Crippen LogP contribution in [0.2, 0.25) is 0 Å². The Hall–Kier alpha value is -1.86. The molecular formula is C14H17F3N2O2. The average Bonchev–Trinajstić information content (AvgIpc) is 2.46. The molecule has 1 amide bonds. The van der Waals surface area contributed by atoms with Crippen LogP contribution in [0.5, 0.6) is 0 Å². The third-order valence-electron chi connectivity index (χ3n) is 2.98. The molecule has 116 valence electrons. The molecule has 0 aliphatic carbocycles. The van der Waals surface area contributed by atoms with Crippen molar-refractivity contribution in [2.45, 2.75) is 31.2 Å². The molecule has 0 unspecified atom stereocenters. The van der Waals surface area contributed by atoms with Crippen molar-refractivity contribution in [2.24, 2.45) is 5.84 Å². The number of allylic oxidation sites excluding steroid dienone is 1. The van der Waals surface area contributed by atoms with E-state index in [0.717, 1.165) is 0 Å². The number of amides is 1. The lowest BCUT2D eigenvalue weighted by atomic mass is 9.95. The van der Waals surface area contributed by atoms with Gasteiger partial charge in [0.2, 0.25) is 5.60 Å². The van der Waals surface area contributed by atoms with Gasteiger partial charge in [0, 0.05) is 0 Å². The van der Waals surface area contributed by atoms with E-state index >= 15 is 0 Å². The first-order valence-electron chi connectivity index (χ1n) is 6.24. The molecule has 21 heavy (non-hydrogen) atoms. The Balaban J connectivity index is 3.03. The predicted octanol–water partition coefficient (Wildman–Crippen LogP) is 2.46. The zero-order valence-corrected chi connectivity index (χ0v) is 11.3. The smallest absolute Gasteiger partial charge is 0.352 e. The quantitative estimate of drug-likeness (QED) is 0.352. The Morgan fingerprint density at radius 1 is 1.33 bits per heavy atom. The number of hydrogen-bond donors (Lipinski definition) is 2. The van der Waals surface area contributed by atoms with Crippen LogP contribution < -0.4 is 11.3 Å². The molecule has 1 aromatic carbocycles. The molecular weight excluding hydrogens is 285 g/mol. The summed E-state index contributed by atoms with van der Waals surface area (Å²) in [5.41, 5.74) is -0.932. The zero-order chi connectivity index (χ0) is 15.9. The highest BCUT2D eigenvalue weighted by atomic mass is 19.4. The van der Waals surface area contributed by atoms with Crippen molar-refractivity contribution in [1.82, 2.24) is 5.43 Å². The van der Waals surface area contributed by atoms with E-state index in [4.69, 9.17) is 10.6 Å². The molecule has 7 heteroatoms. The summed E-state index contributed by atoms with van der Waals surface area (Å²) in [5.74, 6) is 3.47. The Labute approximate surface area is 120 Å². The van der Waals surface area contributed by atoms with E-state index < -0.39 is 24.1 Å². The van der Waals surface area contributed by atoms with Gasteiger partial charge < -0.3 is 4.74 Å². The summed E-state index contributed by atoms with van der Waals surface area (Å²) in [4.78, 5) is 11.7. The molecule has 1 aromatic rings. The number of nitrogens with one attached hydrogen (secondary N) is 1. The normalized spacial score (nSPS) is 14.3. The van der Waals surface area contributed by atoms with Gasteiger partial charge >= 0.3 is 6.18 Å². The van der Waals surface area contributed by atoms with Gasteiger partial charge in [-0.15, -0.1) is 6.58 Å². The molecule has 0 fully saturated rings. The molecule has 4 nitrogen and oxygen atoms in total. The van der Waals surface area contributed by atoms with Crippen LogP contribution in [0.15, 0.2) is 43.0 Å². The Morgan fingerprint density at radius 2 is 1.95 bits per heavy atom. The van der Waals surface area contributed by atoms with Gasteiger partial charge in [0.1, 0.15) is 0 Å². The topological polar surface area (TPSA) is 64.3 Å². The minimum absolute atomic E-state index is 0.0400. The third kappa shape index (κ3) is 4.05. The number of hydrazine groups is 1. The number of ether oxygens (including phenoxy) is 1. The van der Waals surface area contributed by atoms with Crippen LogP contribution in [-0.4, -0.2) is 17.7 Å². The van der Waals surface area contributed by atoms with Gasteiger partial charge in [0.25, 0.3) is 5.91 Å². The standard InChI is InChI=1S/C14H17F3N2O2/c1-2-3-9-13(12(20)19-18,14(15,16)17)21-10-11-7-5-4-6-8-11/h2,4-8H,1,3,9-10,18H2,(H,19,20)/t13-/m1/s1. The second kappa shape index (κ2) is 7.24. The molecule has 0 radical (unpaired) electrons. The van der Waals surface area contributed by atoms with Crippen LogP contribution in [0.1, 0.15) is 18.4 Å². The average molecular weight is 302 g/mol. The Morgan fingerprint density at radius 3 is 2.43 bits per heavy atom. The number of benzene rings is 1. The maximum absolute atomic E-state index is 13.4. The largest absolute Gasteiger partial charge is 0.426 e. The molecule has 0 aromatic heterocycles. The highest BCUT2D eigenvalue weighted by Crippen LogP contribution is 2.38. The number of carbonyl (C=O) groups excluding carboxylic acids is 1. The lowest BCUT2D eigenvalue weighted by Gasteiger charge is -2.33. The molecule has 1 rings (SSSR count). The molecule has 1 atom stereocenters. The predicted molar refractivity (Wildman–Crippen MR) is 71.8 cm³/mol. The van der Waals surface area contributed by atoms with Gasteiger partial charge in [-0.05, 0) is 18.4 Å². The molecule has 0 heterocycles. The fraction of sp³-hybridized carbons (Fsp3) is 0.357. The van der Waals surface area contributed by atoms with Gasteiger partial charge in [-0.25, -0.2) is 5.84 Å². The molecule has 0 spiro atoms. The lowest BCUT2D eigenvalue weighted by Crippen LogP contribution is -2.60. The summed E-state index contributed by atoms with van der Waals surface area (Å²) in [6, 6.07) is 8.27. The first-order valence-corrected chi connectivity index (χ1v) is 6.24. The second-order valence-electron chi connectivity index (χ2n) is 4.40. The summed E-state index contributed by atoms with van der Waals surface area (Å²) in [7, 11) is 0. The van der Waals surface area contributed by atoms with Gasteiger partial charge in [-0.1, -0.05) is 36.4 Å². The summed E-state index contributed by atoms with van der Waals surface area (Å²) < 4.78 is 45.1. The minimum atomic E-state index is -4.89. The van der Waals surface area contributed by atoms with Crippen LogP contribution in [-0.2, 0) is 16.1 Å². The highest BCUT2D eigenvalue weighted by molar-refractivity contribution is 5.85. The minimum Gasteiger partial charge on any atom is -0.352 e. The Kier molecular flexibility index (Phi) is 5.92. The van der Waals surface area contributed by atoms with Crippen molar-refractivity contribution in [3.8, 4) is 0 Å². The van der Waals surface area contributed by atoms with E-state index in [1.54, 1.807) is 30.3 Å². The van der Waals surface area contributed by atoms with E-state index in [9.17, 15) is 18.0 Å². The number of alkyl halides is 3. The number of rotatable bonds is 7. The van der Waals surface area contributed by atoms with Crippen LogP contribution in [0.4, 0.5) is 13.2 Å². The molecule has 0 aliphatic rings. The third-order valence-corrected chi connectivity index (χ3v) is 2.98. The van der Waals surface area contributed by atoms with Crippen LogP contribution in [0, 0.1) is 0 Å². The fourth-order valence-electron chi connectivity index (χ4n) is 1.81. The lowest BCUT2D eigenvalue weighted by molar-refractivity contribution is -0.272. The highest BCUT2D eigenvalue weighted by Gasteiger charge is 2.61. The number of carbonyl (C=O) groups is 1. The molecule has 0 saturated heterocycles. The second-order valence-corrected chi connectivity index (χ2v) is 4.40. The fourth-order valence-corrected chi connectivity index (χ4v) is 1.81. The van der Waals surface area contributed by atoms with Crippen LogP contribution in [0.3, 0.4) is 0 Å². The van der Waals surface area contributed by atoms with Gasteiger partial charge in [-0.2, -0.15) is 13.2 Å². The summed E-state index contributed by atoms with van der Waals surface area (Å²) >= 11 is 0. The molecule has 0 aliphatic heterocycles. The first kappa shape index (κ1) is 17.2. The van der Waals surface area contributed by atoms with Gasteiger partial charge in [-0.3, -0.25) is 10.2 Å². The van der Waals surface area contributed by atoms with Crippen molar-refractivity contribution in [2.75, 3.05) is 0 Å². The SMILES string of the molecule is C=CCC[C@@](OCc1ccccc1)(C(=O)NN)C(F)(F)F. The van der Waals surface area contributed by atoms with E-state index in [2.05, 4.69) is 6.58 Å². The maximum atomic E-state index is 13.4. The van der Waals surface area contributed by atoms with Gasteiger partial charge in [0.05, 0.1) is 6.61 Å². The summed E-state index contributed by atoms with van der Waals surface area (Å²) in [6.07, 6.45) is -4.23. The summed E-state index contributed by atoms with van der Waals surface area (Å²) in [5, 5.41) is 0. The molecule has 0 bridgehead atoms. The first-order chi connectivity index (χ1) is 9.87.